The summed E-state index contributed by atoms with van der Waals surface area (Å²) in [5, 5.41) is 0.178. The Morgan fingerprint density at radius 1 is 1.33 bits per heavy atom. The molecule has 1 unspecified atom stereocenters. The van der Waals surface area contributed by atoms with Crippen LogP contribution in [0.5, 0.6) is 0 Å². The second-order valence-electron chi connectivity index (χ2n) is 7.84. The molecule has 0 amide bonds. The van der Waals surface area contributed by atoms with Gasteiger partial charge in [0.05, 0.1) is 11.5 Å². The fraction of sp³-hybridized carbons (Fsp3) is 0.650. The van der Waals surface area contributed by atoms with E-state index in [4.69, 9.17) is 4.43 Å². The Morgan fingerprint density at radius 2 is 2.00 bits per heavy atom. The normalized spacial score (nSPS) is 21.0. The lowest BCUT2D eigenvalue weighted by Crippen LogP contribution is -2.49. The third-order valence-electron chi connectivity index (χ3n) is 4.79. The van der Waals surface area contributed by atoms with Gasteiger partial charge in [0.2, 0.25) is 0 Å². The molecule has 0 N–H and O–H groups in total. The van der Waals surface area contributed by atoms with Gasteiger partial charge in [-0.05, 0) is 43.8 Å². The van der Waals surface area contributed by atoms with Crippen LogP contribution in [0.15, 0.2) is 11.6 Å². The van der Waals surface area contributed by atoms with Gasteiger partial charge in [0, 0.05) is 6.42 Å². The summed E-state index contributed by atoms with van der Waals surface area (Å²) in [6.45, 7) is 13.6. The first kappa shape index (κ1) is 21.1. The first-order chi connectivity index (χ1) is 11.1. The molecule has 0 aromatic rings. The second-order valence-corrected chi connectivity index (χ2v) is 13.6. The fourth-order valence-corrected chi connectivity index (χ4v) is 4.23. The van der Waals surface area contributed by atoms with Crippen LogP contribution in [0.25, 0.3) is 0 Å². The molecule has 1 aliphatic carbocycles. The van der Waals surface area contributed by atoms with Crippen LogP contribution >= 0.6 is 11.8 Å². The van der Waals surface area contributed by atoms with Crippen molar-refractivity contribution in [3.05, 3.63) is 11.6 Å². The maximum Gasteiger partial charge on any atom is 0.194 e. The zero-order valence-electron chi connectivity index (χ0n) is 15.9. The van der Waals surface area contributed by atoms with Crippen LogP contribution in [0.4, 0.5) is 0 Å². The van der Waals surface area contributed by atoms with Crippen LogP contribution in [0, 0.1) is 23.7 Å². The van der Waals surface area contributed by atoms with E-state index < -0.39 is 8.32 Å². The third-order valence-corrected chi connectivity index (χ3v) is 10.00. The van der Waals surface area contributed by atoms with Crippen LogP contribution in [-0.4, -0.2) is 31.7 Å². The van der Waals surface area contributed by atoms with Gasteiger partial charge in [-0.2, -0.15) is 0 Å². The number of carbonyl (C=O) groups excluding carboxylic acids is 1. The number of allylic oxidation sites excluding steroid dienone is 1. The van der Waals surface area contributed by atoms with Crippen molar-refractivity contribution in [3.63, 3.8) is 0 Å². The summed E-state index contributed by atoms with van der Waals surface area (Å²) in [6, 6.07) is 0. The van der Waals surface area contributed by atoms with Gasteiger partial charge in [-0.1, -0.05) is 50.2 Å². The van der Waals surface area contributed by atoms with Crippen molar-refractivity contribution in [3.8, 4) is 23.7 Å². The van der Waals surface area contributed by atoms with Gasteiger partial charge in [-0.25, -0.2) is 0 Å². The minimum Gasteiger partial charge on any atom is -0.400 e. The lowest BCUT2D eigenvalue weighted by atomic mass is 9.86. The molecule has 0 aromatic heterocycles. The molecule has 0 radical (unpaired) electrons. The molecular weight excluding hydrogens is 332 g/mol. The number of hydrogen-bond donors (Lipinski definition) is 0. The predicted molar refractivity (Wildman–Crippen MR) is 108 cm³/mol. The molecule has 0 saturated carbocycles. The zero-order valence-corrected chi connectivity index (χ0v) is 17.7. The number of rotatable bonds is 4. The maximum absolute atomic E-state index is 10.2. The fourth-order valence-electron chi connectivity index (χ4n) is 2.25. The summed E-state index contributed by atoms with van der Waals surface area (Å²) in [6.07, 6.45) is 5.83. The molecule has 0 aromatic carbocycles. The Balaban J connectivity index is 2.84. The Kier molecular flexibility index (Phi) is 7.87. The molecule has 2 nitrogen and oxygen atoms in total. The minimum atomic E-state index is -1.87. The molecule has 0 spiro atoms. The molecule has 24 heavy (non-hydrogen) atoms. The average Bonchev–Trinajstić information content (AvgIpc) is 2.48. The molecule has 0 heterocycles. The van der Waals surface area contributed by atoms with Gasteiger partial charge >= 0.3 is 0 Å². The van der Waals surface area contributed by atoms with Crippen LogP contribution in [0.1, 0.15) is 47.0 Å². The quantitative estimate of drug-likeness (QED) is 0.236. The third kappa shape index (κ3) is 6.52. The first-order valence-electron chi connectivity index (χ1n) is 8.47. The SMILES string of the molecule is CC1=CCC(C#CCSCC#CC=O)(O[Si](C)(C)C(C)(C)C)CC1. The van der Waals surface area contributed by atoms with Gasteiger partial charge in [0.15, 0.2) is 14.6 Å². The molecule has 1 rings (SSSR count). The van der Waals surface area contributed by atoms with E-state index in [9.17, 15) is 4.79 Å². The van der Waals surface area contributed by atoms with Crippen molar-refractivity contribution in [1.29, 1.82) is 0 Å². The predicted octanol–water partition coefficient (Wildman–Crippen LogP) is 4.82. The van der Waals surface area contributed by atoms with Crippen molar-refractivity contribution >= 4 is 26.4 Å². The van der Waals surface area contributed by atoms with E-state index in [1.165, 1.54) is 5.57 Å². The highest BCUT2D eigenvalue weighted by Gasteiger charge is 2.44. The Labute approximate surface area is 153 Å². The monoisotopic (exact) mass is 362 g/mol. The Bertz CT molecular complexity index is 593. The van der Waals surface area contributed by atoms with E-state index in [0.29, 0.717) is 12.0 Å². The minimum absolute atomic E-state index is 0.178. The summed E-state index contributed by atoms with van der Waals surface area (Å²) in [5.41, 5.74) is 1.10. The van der Waals surface area contributed by atoms with Crippen molar-refractivity contribution in [2.24, 2.45) is 0 Å². The van der Waals surface area contributed by atoms with Gasteiger partial charge in [-0.3, -0.25) is 4.79 Å². The van der Waals surface area contributed by atoms with E-state index in [0.717, 1.165) is 25.0 Å². The molecule has 0 fully saturated rings. The molecular formula is C20H30O2SSi. The lowest BCUT2D eigenvalue weighted by molar-refractivity contribution is -0.103. The highest BCUT2D eigenvalue weighted by Crippen LogP contribution is 2.42. The van der Waals surface area contributed by atoms with E-state index in [1.807, 2.05) is 0 Å². The van der Waals surface area contributed by atoms with Crippen molar-refractivity contribution in [1.82, 2.24) is 0 Å². The average molecular weight is 363 g/mol. The summed E-state index contributed by atoms with van der Waals surface area (Å²) in [5.74, 6) is 13.3. The summed E-state index contributed by atoms with van der Waals surface area (Å²) < 4.78 is 6.76. The number of aldehydes is 1. The highest BCUT2D eigenvalue weighted by atomic mass is 32.2. The maximum atomic E-state index is 10.2. The summed E-state index contributed by atoms with van der Waals surface area (Å²) in [4.78, 5) is 10.2. The van der Waals surface area contributed by atoms with Crippen molar-refractivity contribution in [2.75, 3.05) is 11.5 Å². The van der Waals surface area contributed by atoms with Gasteiger partial charge in [0.1, 0.15) is 5.60 Å². The van der Waals surface area contributed by atoms with Gasteiger partial charge < -0.3 is 4.43 Å². The van der Waals surface area contributed by atoms with Crippen molar-refractivity contribution in [2.45, 2.75) is 70.7 Å². The molecule has 1 atom stereocenters. The van der Waals surface area contributed by atoms with Crippen LogP contribution in [-0.2, 0) is 9.22 Å². The van der Waals surface area contributed by atoms with E-state index >= 15 is 0 Å². The Morgan fingerprint density at radius 3 is 2.54 bits per heavy atom. The Hall–Kier alpha value is -0.943. The van der Waals surface area contributed by atoms with E-state index in [1.54, 1.807) is 11.8 Å². The largest absolute Gasteiger partial charge is 0.400 e. The molecule has 1 aliphatic rings. The van der Waals surface area contributed by atoms with Crippen LogP contribution in [0.3, 0.4) is 0 Å². The van der Waals surface area contributed by atoms with E-state index in [2.05, 4.69) is 70.5 Å². The highest BCUT2D eigenvalue weighted by molar-refractivity contribution is 7.99. The summed E-state index contributed by atoms with van der Waals surface area (Å²) >= 11 is 1.64. The molecule has 132 valence electrons. The topological polar surface area (TPSA) is 26.3 Å². The smallest absolute Gasteiger partial charge is 0.194 e. The van der Waals surface area contributed by atoms with Crippen LogP contribution in [0.2, 0.25) is 18.1 Å². The lowest BCUT2D eigenvalue weighted by Gasteiger charge is -2.44. The molecule has 0 bridgehead atoms. The van der Waals surface area contributed by atoms with Crippen LogP contribution < -0.4 is 0 Å². The van der Waals surface area contributed by atoms with Crippen molar-refractivity contribution < 1.29 is 9.22 Å². The second kappa shape index (κ2) is 8.95. The first-order valence-corrected chi connectivity index (χ1v) is 12.5. The number of carbonyl (C=O) groups is 1. The van der Waals surface area contributed by atoms with Gasteiger partial charge in [-0.15, -0.1) is 11.8 Å². The molecule has 0 saturated heterocycles. The standard InChI is InChI=1S/C20H30O2SSi/c1-18-10-13-20(14-11-18,22-24(5,6)19(2,3)4)12-9-17-23-16-8-7-15-21/h10,15H,11,13-14,16-17H2,1-6H3. The zero-order chi connectivity index (χ0) is 18.3. The van der Waals surface area contributed by atoms with Gasteiger partial charge in [0.25, 0.3) is 0 Å². The number of thioether (sulfide) groups is 1. The van der Waals surface area contributed by atoms with E-state index in [-0.39, 0.29) is 10.6 Å². The molecule has 0 aliphatic heterocycles. The number of hydrogen-bond acceptors (Lipinski definition) is 3. The summed E-state index contributed by atoms with van der Waals surface area (Å²) in [7, 11) is -1.87. The molecule has 4 heteroatoms.